The lowest BCUT2D eigenvalue weighted by molar-refractivity contribution is 0.0181. The molecule has 2 heterocycles. The first kappa shape index (κ1) is 11.9. The average molecular weight is 259 g/mol. The fraction of sp³-hybridized carbons (Fsp3) is 0.400. The van der Waals surface area contributed by atoms with Gasteiger partial charge in [-0.1, -0.05) is 30.3 Å². The first-order valence-corrected chi connectivity index (χ1v) is 7.24. The van der Waals surface area contributed by atoms with E-state index >= 15 is 0 Å². The summed E-state index contributed by atoms with van der Waals surface area (Å²) in [4.78, 5) is 1.27. The smallest absolute Gasteiger partial charge is 0.0581 e. The number of hydrogen-bond donors (Lipinski definition) is 0. The zero-order valence-electron chi connectivity index (χ0n) is 10.5. The first-order chi connectivity index (χ1) is 8.83. The summed E-state index contributed by atoms with van der Waals surface area (Å²) in [5, 5.41) is 0. The fourth-order valence-electron chi connectivity index (χ4n) is 2.49. The Morgan fingerprint density at radius 1 is 1.28 bits per heavy atom. The van der Waals surface area contributed by atoms with Crippen molar-refractivity contribution in [3.8, 4) is 10.4 Å². The van der Waals surface area contributed by atoms with E-state index in [1.807, 2.05) is 6.07 Å². The molecule has 1 aliphatic rings. The van der Waals surface area contributed by atoms with E-state index in [2.05, 4.69) is 41.6 Å². The molecule has 0 radical (unpaired) electrons. The van der Waals surface area contributed by atoms with Crippen molar-refractivity contribution in [2.45, 2.75) is 31.8 Å². The summed E-state index contributed by atoms with van der Waals surface area (Å²) in [7, 11) is 0. The van der Waals surface area contributed by atoms with E-state index in [1.165, 1.54) is 16.1 Å². The van der Waals surface area contributed by atoms with Crippen molar-refractivity contribution in [2.24, 2.45) is 0 Å². The van der Waals surface area contributed by atoms with Crippen LogP contribution in [0.5, 0.6) is 0 Å². The van der Waals surface area contributed by atoms with Gasteiger partial charge in [0.05, 0.1) is 16.7 Å². The number of rotatable bonds is 2. The second-order valence-electron chi connectivity index (χ2n) is 4.88. The Kier molecular flexibility index (Phi) is 3.43. The molecule has 3 rings (SSSR count). The predicted molar refractivity (Wildman–Crippen MR) is 74.9 cm³/mol. The maximum atomic E-state index is 5.60. The highest BCUT2D eigenvalue weighted by Gasteiger charge is 2.23. The molecule has 18 heavy (non-hydrogen) atoms. The molecule has 2 unspecified atom stereocenters. The van der Waals surface area contributed by atoms with Gasteiger partial charge in [0.25, 0.3) is 0 Å². The van der Waals surface area contributed by atoms with Gasteiger partial charge < -0.3 is 4.74 Å². The Hall–Kier alpha value is -1.19. The summed E-state index contributed by atoms with van der Waals surface area (Å²) in [5.41, 5.74) is 2.51. The van der Waals surface area contributed by atoms with Crippen LogP contribution in [0, 0.1) is 0 Å². The van der Waals surface area contributed by atoms with Crippen molar-refractivity contribution in [2.75, 3.05) is 6.61 Å². The van der Waals surface area contributed by atoms with Gasteiger partial charge in [0.1, 0.15) is 0 Å². The van der Waals surface area contributed by atoms with Gasteiger partial charge in [0, 0.05) is 12.5 Å². The maximum absolute atomic E-state index is 5.60. The summed E-state index contributed by atoms with van der Waals surface area (Å²) in [6.07, 6.45) is 2.56. The third-order valence-corrected chi connectivity index (χ3v) is 4.34. The van der Waals surface area contributed by atoms with Gasteiger partial charge in [-0.3, -0.25) is 0 Å². The van der Waals surface area contributed by atoms with Crippen LogP contribution in [0.3, 0.4) is 0 Å². The third-order valence-electron chi connectivity index (χ3n) is 3.49. The summed E-state index contributed by atoms with van der Waals surface area (Å²) in [6.45, 7) is 3.01. The lowest BCUT2D eigenvalue weighted by Gasteiger charge is -2.25. The monoisotopic (exact) mass is 259 g/mol. The van der Waals surface area contributed by atoms with Crippen LogP contribution in [0.2, 0.25) is 0 Å². The fourth-order valence-corrected chi connectivity index (χ4v) is 3.31. The number of nitrogens with zero attached hydrogens (tertiary/aromatic N) is 1. The minimum absolute atomic E-state index is 0.366. The van der Waals surface area contributed by atoms with Gasteiger partial charge >= 0.3 is 0 Å². The van der Waals surface area contributed by atoms with Crippen molar-refractivity contribution >= 4 is 11.5 Å². The Morgan fingerprint density at radius 3 is 2.89 bits per heavy atom. The third kappa shape index (κ3) is 2.47. The molecule has 0 spiro atoms. The number of aromatic nitrogens is 1. The normalized spacial score (nSPS) is 24.1. The molecular formula is C15H17NOS. The molecule has 1 aliphatic heterocycles. The Balaban J connectivity index is 1.81. The molecule has 1 fully saturated rings. The van der Waals surface area contributed by atoms with Crippen molar-refractivity contribution in [1.82, 2.24) is 4.37 Å². The van der Waals surface area contributed by atoms with E-state index in [0.717, 1.165) is 19.4 Å². The van der Waals surface area contributed by atoms with Crippen molar-refractivity contribution in [3.05, 3.63) is 42.1 Å². The lowest BCUT2D eigenvalue weighted by Crippen LogP contribution is -2.21. The minimum atomic E-state index is 0.366. The standard InChI is InChI=1S/C15H17NOS/c1-11-9-13(7-8-17-11)14-10-15(18-16-14)12-5-3-2-4-6-12/h2-6,10-11,13H,7-9H2,1H3. The molecule has 94 valence electrons. The van der Waals surface area contributed by atoms with Crippen molar-refractivity contribution < 1.29 is 4.74 Å². The van der Waals surface area contributed by atoms with Crippen LogP contribution in [0.4, 0.5) is 0 Å². The molecule has 1 aromatic carbocycles. The average Bonchev–Trinajstić information content (AvgIpc) is 2.89. The molecule has 1 aromatic heterocycles. The van der Waals surface area contributed by atoms with Crippen molar-refractivity contribution in [3.63, 3.8) is 0 Å². The predicted octanol–water partition coefficient (Wildman–Crippen LogP) is 4.09. The molecule has 2 aromatic rings. The van der Waals surface area contributed by atoms with Gasteiger partial charge in [-0.15, -0.1) is 0 Å². The van der Waals surface area contributed by atoms with E-state index < -0.39 is 0 Å². The number of ether oxygens (including phenoxy) is 1. The Labute approximate surface area is 112 Å². The van der Waals surface area contributed by atoms with Gasteiger partial charge in [0.15, 0.2) is 0 Å². The van der Waals surface area contributed by atoms with Crippen LogP contribution >= 0.6 is 11.5 Å². The molecular weight excluding hydrogens is 242 g/mol. The van der Waals surface area contributed by atoms with Gasteiger partial charge in [-0.05, 0) is 42.9 Å². The highest BCUT2D eigenvalue weighted by molar-refractivity contribution is 7.09. The van der Waals surface area contributed by atoms with Crippen molar-refractivity contribution in [1.29, 1.82) is 0 Å². The van der Waals surface area contributed by atoms with E-state index in [-0.39, 0.29) is 0 Å². The second-order valence-corrected chi connectivity index (χ2v) is 5.69. The molecule has 2 atom stereocenters. The Morgan fingerprint density at radius 2 is 2.11 bits per heavy atom. The van der Waals surface area contributed by atoms with E-state index in [9.17, 15) is 0 Å². The zero-order chi connectivity index (χ0) is 12.4. The van der Waals surface area contributed by atoms with Crippen LogP contribution in [0.1, 0.15) is 31.4 Å². The largest absolute Gasteiger partial charge is 0.378 e. The Bertz CT molecular complexity index is 508. The van der Waals surface area contributed by atoms with E-state index in [4.69, 9.17) is 4.74 Å². The van der Waals surface area contributed by atoms with Crippen LogP contribution in [-0.4, -0.2) is 17.1 Å². The van der Waals surface area contributed by atoms with Gasteiger partial charge in [-0.25, -0.2) is 0 Å². The summed E-state index contributed by atoms with van der Waals surface area (Å²) in [5.74, 6) is 0.572. The number of hydrogen-bond acceptors (Lipinski definition) is 3. The quantitative estimate of drug-likeness (QED) is 0.810. The van der Waals surface area contributed by atoms with E-state index in [1.54, 1.807) is 11.5 Å². The lowest BCUT2D eigenvalue weighted by atomic mass is 9.93. The van der Waals surface area contributed by atoms with Gasteiger partial charge in [0.2, 0.25) is 0 Å². The number of benzene rings is 1. The van der Waals surface area contributed by atoms with Crippen LogP contribution < -0.4 is 0 Å². The molecule has 0 bridgehead atoms. The van der Waals surface area contributed by atoms with Crippen LogP contribution in [-0.2, 0) is 4.74 Å². The summed E-state index contributed by atoms with van der Waals surface area (Å²) in [6, 6.07) is 12.7. The highest BCUT2D eigenvalue weighted by Crippen LogP contribution is 2.33. The first-order valence-electron chi connectivity index (χ1n) is 6.46. The van der Waals surface area contributed by atoms with E-state index in [0.29, 0.717) is 12.0 Å². The zero-order valence-corrected chi connectivity index (χ0v) is 11.3. The van der Waals surface area contributed by atoms with Crippen LogP contribution in [0.15, 0.2) is 36.4 Å². The summed E-state index contributed by atoms with van der Waals surface area (Å²) < 4.78 is 10.2. The minimum Gasteiger partial charge on any atom is -0.378 e. The molecule has 3 heteroatoms. The molecule has 1 saturated heterocycles. The van der Waals surface area contributed by atoms with Gasteiger partial charge in [-0.2, -0.15) is 4.37 Å². The SMILES string of the molecule is CC1CC(c2cc(-c3ccccc3)sn2)CCO1. The van der Waals surface area contributed by atoms with Crippen LogP contribution in [0.25, 0.3) is 10.4 Å². The molecule has 0 N–H and O–H groups in total. The molecule has 0 saturated carbocycles. The highest BCUT2D eigenvalue weighted by atomic mass is 32.1. The molecule has 0 amide bonds. The summed E-state index contributed by atoms with van der Waals surface area (Å²) >= 11 is 1.61. The molecule has 2 nitrogen and oxygen atoms in total. The second kappa shape index (κ2) is 5.21. The maximum Gasteiger partial charge on any atom is 0.0581 e. The topological polar surface area (TPSA) is 22.1 Å². The molecule has 0 aliphatic carbocycles.